The Labute approximate surface area is 176 Å². The maximum absolute atomic E-state index is 2.39. The van der Waals surface area contributed by atoms with E-state index in [1.54, 1.807) is 17.9 Å². The summed E-state index contributed by atoms with van der Waals surface area (Å²) in [6, 6.07) is 22.2. The van der Waals surface area contributed by atoms with Crippen LogP contribution in [0.1, 0.15) is 11.1 Å². The van der Waals surface area contributed by atoms with Crippen molar-refractivity contribution in [3.63, 3.8) is 0 Å². The molecular weight excluding hydrogens is 558 g/mol. The summed E-state index contributed by atoms with van der Waals surface area (Å²) >= 11 is 4.77. The van der Waals surface area contributed by atoms with Crippen LogP contribution >= 0.6 is 60.3 Å². The van der Waals surface area contributed by atoms with Gasteiger partial charge >= 0.3 is 0 Å². The SMILES string of the molecule is Cc1ccc(-c2c(SI)ccc(SI)c2-c2ccc(C)cc2)cc1. The van der Waals surface area contributed by atoms with Gasteiger partial charge in [0, 0.05) is 63.3 Å². The summed E-state index contributed by atoms with van der Waals surface area (Å²) in [6.45, 7) is 4.27. The van der Waals surface area contributed by atoms with Crippen molar-refractivity contribution in [3.05, 3.63) is 71.8 Å². The van der Waals surface area contributed by atoms with Crippen molar-refractivity contribution in [2.24, 2.45) is 0 Å². The van der Waals surface area contributed by atoms with Gasteiger partial charge in [-0.3, -0.25) is 0 Å². The molecule has 0 aliphatic rings. The van der Waals surface area contributed by atoms with Crippen molar-refractivity contribution < 1.29 is 0 Å². The third-order valence-corrected chi connectivity index (χ3v) is 7.84. The Morgan fingerprint density at radius 1 is 0.542 bits per heavy atom. The fourth-order valence-corrected chi connectivity index (χ4v) is 5.74. The summed E-state index contributed by atoms with van der Waals surface area (Å²) in [5, 5.41) is 0. The lowest BCUT2D eigenvalue weighted by molar-refractivity contribution is 1.34. The van der Waals surface area contributed by atoms with Crippen LogP contribution in [0, 0.1) is 13.8 Å². The Bertz CT molecular complexity index is 768. The van der Waals surface area contributed by atoms with E-state index in [0.717, 1.165) is 0 Å². The van der Waals surface area contributed by atoms with Gasteiger partial charge in [0.1, 0.15) is 0 Å². The Kier molecular flexibility index (Phi) is 6.56. The zero-order valence-electron chi connectivity index (χ0n) is 13.3. The Morgan fingerprint density at radius 2 is 0.875 bits per heavy atom. The van der Waals surface area contributed by atoms with E-state index in [4.69, 9.17) is 0 Å². The van der Waals surface area contributed by atoms with Crippen molar-refractivity contribution in [1.82, 2.24) is 0 Å². The Balaban J connectivity index is 2.32. The zero-order valence-corrected chi connectivity index (χ0v) is 19.3. The molecule has 24 heavy (non-hydrogen) atoms. The van der Waals surface area contributed by atoms with E-state index in [-0.39, 0.29) is 0 Å². The van der Waals surface area contributed by atoms with Crippen molar-refractivity contribution in [1.29, 1.82) is 0 Å². The summed E-state index contributed by atoms with van der Waals surface area (Å²) in [6.07, 6.45) is 0. The summed E-state index contributed by atoms with van der Waals surface area (Å²) < 4.78 is 0. The maximum Gasteiger partial charge on any atom is 0.0264 e. The topological polar surface area (TPSA) is 0 Å². The van der Waals surface area contributed by atoms with Crippen LogP contribution in [-0.2, 0) is 0 Å². The molecule has 0 heterocycles. The minimum absolute atomic E-state index is 1.28. The lowest BCUT2D eigenvalue weighted by Gasteiger charge is -2.17. The van der Waals surface area contributed by atoms with Crippen LogP contribution in [0.15, 0.2) is 70.5 Å². The van der Waals surface area contributed by atoms with Crippen LogP contribution in [0.3, 0.4) is 0 Å². The summed E-state index contributed by atoms with van der Waals surface area (Å²) in [5.41, 5.74) is 7.81. The third kappa shape index (κ3) is 3.97. The fourth-order valence-electron chi connectivity index (χ4n) is 2.71. The van der Waals surface area contributed by atoms with Gasteiger partial charge in [-0.25, -0.2) is 0 Å². The van der Waals surface area contributed by atoms with E-state index >= 15 is 0 Å². The first-order valence-electron chi connectivity index (χ1n) is 7.52. The van der Waals surface area contributed by atoms with Gasteiger partial charge in [-0.15, -0.1) is 0 Å². The van der Waals surface area contributed by atoms with E-state index in [1.165, 1.54) is 43.2 Å². The molecule has 0 unspecified atom stereocenters. The molecule has 0 nitrogen and oxygen atoms in total. The molecule has 0 aliphatic heterocycles. The molecule has 3 rings (SSSR count). The maximum atomic E-state index is 2.39. The molecule has 122 valence electrons. The van der Waals surface area contributed by atoms with Gasteiger partial charge in [-0.2, -0.15) is 0 Å². The monoisotopic (exact) mass is 574 g/mol. The van der Waals surface area contributed by atoms with Gasteiger partial charge < -0.3 is 0 Å². The highest BCUT2D eigenvalue weighted by Gasteiger charge is 2.17. The number of aryl methyl sites for hydroxylation is 2. The molecule has 0 N–H and O–H groups in total. The first-order valence-corrected chi connectivity index (χ1v) is 14.2. The first kappa shape index (κ1) is 18.6. The lowest BCUT2D eigenvalue weighted by atomic mass is 9.93. The van der Waals surface area contributed by atoms with Gasteiger partial charge in [0.05, 0.1) is 0 Å². The fraction of sp³-hybridized carbons (Fsp3) is 0.100. The van der Waals surface area contributed by atoms with Crippen molar-refractivity contribution >= 4 is 60.3 Å². The van der Waals surface area contributed by atoms with Crippen LogP contribution in [-0.4, -0.2) is 0 Å². The minimum atomic E-state index is 1.28. The highest BCUT2D eigenvalue weighted by Crippen LogP contribution is 2.47. The molecule has 0 radical (unpaired) electrons. The van der Waals surface area contributed by atoms with Crippen molar-refractivity contribution in [2.45, 2.75) is 23.6 Å². The zero-order chi connectivity index (χ0) is 17.1. The second-order valence-corrected chi connectivity index (χ2v) is 9.53. The Hall–Kier alpha value is -0.180. The predicted molar refractivity (Wildman–Crippen MR) is 127 cm³/mol. The molecule has 3 aromatic carbocycles. The molecule has 3 aromatic rings. The second-order valence-electron chi connectivity index (χ2n) is 5.70. The smallest absolute Gasteiger partial charge is 0.0264 e. The molecule has 0 saturated carbocycles. The van der Waals surface area contributed by atoms with E-state index in [1.807, 2.05) is 0 Å². The summed E-state index contributed by atoms with van der Waals surface area (Å²) in [7, 11) is 3.57. The largest absolute Gasteiger partial charge is 0.0587 e. The highest BCUT2D eigenvalue weighted by atomic mass is 127. The average Bonchev–Trinajstić information content (AvgIpc) is 2.62. The van der Waals surface area contributed by atoms with E-state index < -0.39 is 0 Å². The first-order chi connectivity index (χ1) is 11.6. The molecule has 0 aromatic heterocycles. The lowest BCUT2D eigenvalue weighted by Crippen LogP contribution is -1.91. The predicted octanol–water partition coefficient (Wildman–Crippen LogP) is 8.52. The number of halogens is 2. The van der Waals surface area contributed by atoms with Crippen LogP contribution in [0.4, 0.5) is 0 Å². The molecular formula is C20H16I2S2. The van der Waals surface area contributed by atoms with Gasteiger partial charge in [0.25, 0.3) is 0 Å². The number of hydrogen-bond donors (Lipinski definition) is 0. The number of hydrogen-bond acceptors (Lipinski definition) is 2. The van der Waals surface area contributed by atoms with Crippen LogP contribution < -0.4 is 0 Å². The second kappa shape index (κ2) is 8.47. The van der Waals surface area contributed by atoms with E-state index in [9.17, 15) is 0 Å². The standard InChI is InChI=1S/C20H16I2S2/c1-13-3-7-15(8-4-13)19-17(23-21)11-12-18(24-22)20(19)16-9-5-14(2)6-10-16/h3-12H,1-2H3. The normalized spacial score (nSPS) is 10.8. The Morgan fingerprint density at radius 3 is 1.17 bits per heavy atom. The summed E-state index contributed by atoms with van der Waals surface area (Å²) in [4.78, 5) is 2.62. The van der Waals surface area contributed by atoms with Crippen LogP contribution in [0.2, 0.25) is 0 Å². The quantitative estimate of drug-likeness (QED) is 0.287. The molecule has 0 saturated heterocycles. The van der Waals surface area contributed by atoms with Gasteiger partial charge in [-0.1, -0.05) is 77.5 Å². The summed E-state index contributed by atoms with van der Waals surface area (Å²) in [5.74, 6) is 0. The minimum Gasteiger partial charge on any atom is -0.0587 e. The molecule has 4 heteroatoms. The molecule has 0 aliphatic carbocycles. The van der Waals surface area contributed by atoms with Gasteiger partial charge in [0.15, 0.2) is 0 Å². The van der Waals surface area contributed by atoms with Crippen molar-refractivity contribution in [3.8, 4) is 22.3 Å². The molecule has 0 spiro atoms. The third-order valence-electron chi connectivity index (χ3n) is 3.98. The molecule has 0 amide bonds. The van der Waals surface area contributed by atoms with E-state index in [2.05, 4.69) is 117 Å². The molecule has 0 fully saturated rings. The molecule has 0 atom stereocenters. The number of rotatable bonds is 4. The van der Waals surface area contributed by atoms with Gasteiger partial charge in [0.2, 0.25) is 0 Å². The molecule has 0 bridgehead atoms. The average molecular weight is 574 g/mol. The highest BCUT2D eigenvalue weighted by molar-refractivity contribution is 14.2. The van der Waals surface area contributed by atoms with Crippen LogP contribution in [0.5, 0.6) is 0 Å². The number of benzene rings is 3. The van der Waals surface area contributed by atoms with E-state index in [0.29, 0.717) is 0 Å². The van der Waals surface area contributed by atoms with Crippen LogP contribution in [0.25, 0.3) is 22.3 Å². The van der Waals surface area contributed by atoms with Gasteiger partial charge in [-0.05, 0) is 37.1 Å². The van der Waals surface area contributed by atoms with Crippen molar-refractivity contribution in [2.75, 3.05) is 0 Å².